The van der Waals surface area contributed by atoms with Crippen LogP contribution in [0.3, 0.4) is 0 Å². The molecule has 192 valence electrons. The molecular formula is C27H32N2O6S. The average molecular weight is 513 g/mol. The van der Waals surface area contributed by atoms with Crippen LogP contribution in [0.5, 0.6) is 0 Å². The monoisotopic (exact) mass is 512 g/mol. The first-order valence-electron chi connectivity index (χ1n) is 11.7. The van der Waals surface area contributed by atoms with Crippen molar-refractivity contribution in [3.05, 3.63) is 102 Å². The van der Waals surface area contributed by atoms with Crippen molar-refractivity contribution >= 4 is 16.1 Å². The number of sulfonamides is 1. The van der Waals surface area contributed by atoms with Crippen LogP contribution >= 0.6 is 0 Å². The van der Waals surface area contributed by atoms with Crippen molar-refractivity contribution in [2.75, 3.05) is 26.8 Å². The van der Waals surface area contributed by atoms with Gasteiger partial charge >= 0.3 is 6.09 Å². The van der Waals surface area contributed by atoms with Gasteiger partial charge in [-0.3, -0.25) is 0 Å². The predicted molar refractivity (Wildman–Crippen MR) is 137 cm³/mol. The highest BCUT2D eigenvalue weighted by atomic mass is 32.2. The smallest absolute Gasteiger partial charge is 0.408 e. The van der Waals surface area contributed by atoms with Crippen LogP contribution in [0.1, 0.15) is 23.6 Å². The number of carbonyl (C=O) groups is 1. The van der Waals surface area contributed by atoms with Crippen LogP contribution in [0.25, 0.3) is 0 Å². The molecule has 1 amide bonds. The number of methoxy groups -OCH3 is 1. The lowest BCUT2D eigenvalue weighted by Crippen LogP contribution is -2.45. The molecule has 0 spiro atoms. The van der Waals surface area contributed by atoms with Crippen molar-refractivity contribution in [3.8, 4) is 0 Å². The number of amides is 1. The molecule has 0 saturated heterocycles. The van der Waals surface area contributed by atoms with Crippen molar-refractivity contribution in [3.63, 3.8) is 0 Å². The molecule has 3 aromatic carbocycles. The fraction of sp³-hybridized carbons (Fsp3) is 0.296. The number of hydrogen-bond acceptors (Lipinski definition) is 6. The highest BCUT2D eigenvalue weighted by molar-refractivity contribution is 7.89. The number of aliphatic hydroxyl groups is 1. The first-order chi connectivity index (χ1) is 17.4. The van der Waals surface area contributed by atoms with Gasteiger partial charge in [0.1, 0.15) is 6.61 Å². The molecule has 0 fully saturated rings. The molecular weight excluding hydrogens is 480 g/mol. The topological polar surface area (TPSA) is 105 Å². The highest BCUT2D eigenvalue weighted by Crippen LogP contribution is 2.22. The number of benzene rings is 3. The number of alkyl carbamates (subject to hydrolysis) is 1. The predicted octanol–water partition coefficient (Wildman–Crippen LogP) is 3.74. The Labute approximate surface area is 212 Å². The highest BCUT2D eigenvalue weighted by Gasteiger charge is 2.31. The zero-order chi connectivity index (χ0) is 25.8. The summed E-state index contributed by atoms with van der Waals surface area (Å²) in [5.74, 6) is 0. The first kappa shape index (κ1) is 27.3. The molecule has 0 radical (unpaired) electrons. The molecule has 0 aromatic heterocycles. The van der Waals surface area contributed by atoms with E-state index in [1.54, 1.807) is 49.6 Å². The van der Waals surface area contributed by atoms with Crippen LogP contribution in [0.4, 0.5) is 4.79 Å². The van der Waals surface area contributed by atoms with E-state index in [-0.39, 0.29) is 24.6 Å². The van der Waals surface area contributed by atoms with E-state index in [2.05, 4.69) is 5.32 Å². The summed E-state index contributed by atoms with van der Waals surface area (Å²) in [7, 11) is -2.35. The molecule has 0 aliphatic carbocycles. The fourth-order valence-electron chi connectivity index (χ4n) is 3.70. The van der Waals surface area contributed by atoms with Gasteiger partial charge in [-0.25, -0.2) is 13.2 Å². The van der Waals surface area contributed by atoms with E-state index in [4.69, 9.17) is 9.47 Å². The van der Waals surface area contributed by atoms with Crippen molar-refractivity contribution in [1.82, 2.24) is 9.62 Å². The summed E-state index contributed by atoms with van der Waals surface area (Å²) in [6.07, 6.45) is -1.53. The molecule has 0 aliphatic heterocycles. The summed E-state index contributed by atoms with van der Waals surface area (Å²) in [4.78, 5) is 12.8. The molecule has 3 rings (SSSR count). The standard InChI is InChI=1S/C27H32N2O6S/c1-34-19-11-18-29(36(32,33)24-16-9-4-10-17-24)20-25(30)26(23-14-7-3-8-15-23)28-27(31)35-21-22-12-5-2-6-13-22/h2-10,12-17,25-26,30H,11,18-21H2,1H3,(H,28,31)/t25-,26?/m1/s1. The van der Waals surface area contributed by atoms with Gasteiger partial charge in [0, 0.05) is 26.8 Å². The van der Waals surface area contributed by atoms with Gasteiger partial charge in [0.15, 0.2) is 0 Å². The van der Waals surface area contributed by atoms with Gasteiger partial charge < -0.3 is 19.9 Å². The minimum absolute atomic E-state index is 0.0653. The number of nitrogens with zero attached hydrogens (tertiary/aromatic N) is 1. The average Bonchev–Trinajstić information content (AvgIpc) is 2.91. The van der Waals surface area contributed by atoms with E-state index < -0.39 is 28.3 Å². The van der Waals surface area contributed by atoms with Crippen LogP contribution < -0.4 is 5.32 Å². The Morgan fingerprint density at radius 3 is 2.14 bits per heavy atom. The summed E-state index contributed by atoms with van der Waals surface area (Å²) in [6, 6.07) is 25.3. The van der Waals surface area contributed by atoms with Crippen LogP contribution in [0.2, 0.25) is 0 Å². The molecule has 3 aromatic rings. The van der Waals surface area contributed by atoms with Gasteiger partial charge in [0.05, 0.1) is 17.0 Å². The summed E-state index contributed by atoms with van der Waals surface area (Å²) in [5, 5.41) is 13.9. The summed E-state index contributed by atoms with van der Waals surface area (Å²) >= 11 is 0. The Morgan fingerprint density at radius 2 is 1.53 bits per heavy atom. The maximum absolute atomic E-state index is 13.4. The number of hydrogen-bond donors (Lipinski definition) is 2. The van der Waals surface area contributed by atoms with Gasteiger partial charge in [-0.1, -0.05) is 78.9 Å². The molecule has 1 unspecified atom stereocenters. The Balaban J connectivity index is 1.78. The minimum Gasteiger partial charge on any atom is -0.445 e. The van der Waals surface area contributed by atoms with E-state index in [0.717, 1.165) is 5.56 Å². The maximum atomic E-state index is 13.4. The van der Waals surface area contributed by atoms with Gasteiger partial charge in [-0.15, -0.1) is 0 Å². The summed E-state index contributed by atoms with van der Waals surface area (Å²) in [5.41, 5.74) is 1.44. The van der Waals surface area contributed by atoms with Gasteiger partial charge in [0.2, 0.25) is 10.0 Å². The lowest BCUT2D eigenvalue weighted by atomic mass is 10.0. The number of aliphatic hydroxyl groups excluding tert-OH is 1. The third kappa shape index (κ3) is 7.89. The molecule has 0 aliphatic rings. The zero-order valence-electron chi connectivity index (χ0n) is 20.2. The fourth-order valence-corrected chi connectivity index (χ4v) is 5.22. The summed E-state index contributed by atoms with van der Waals surface area (Å²) in [6.45, 7) is 0.334. The maximum Gasteiger partial charge on any atom is 0.408 e. The van der Waals surface area contributed by atoms with Crippen molar-refractivity contribution in [2.45, 2.75) is 30.1 Å². The van der Waals surface area contributed by atoms with E-state index in [9.17, 15) is 18.3 Å². The Bertz CT molecular complexity index is 1160. The van der Waals surface area contributed by atoms with Gasteiger partial charge in [0.25, 0.3) is 0 Å². The quantitative estimate of drug-likeness (QED) is 0.338. The van der Waals surface area contributed by atoms with Gasteiger partial charge in [-0.05, 0) is 29.7 Å². The lowest BCUT2D eigenvalue weighted by molar-refractivity contribution is 0.0870. The number of ether oxygens (including phenoxy) is 2. The van der Waals surface area contributed by atoms with Crippen molar-refractivity contribution in [1.29, 1.82) is 0 Å². The summed E-state index contributed by atoms with van der Waals surface area (Å²) < 4.78 is 38.4. The normalized spacial score (nSPS) is 13.2. The lowest BCUT2D eigenvalue weighted by Gasteiger charge is -2.29. The molecule has 8 nitrogen and oxygen atoms in total. The zero-order valence-corrected chi connectivity index (χ0v) is 21.0. The molecule has 9 heteroatoms. The number of nitrogens with one attached hydrogen (secondary N) is 1. The Kier molecular flexibility index (Phi) is 10.4. The number of rotatable bonds is 13. The Morgan fingerprint density at radius 1 is 0.944 bits per heavy atom. The molecule has 2 N–H and O–H groups in total. The second-order valence-electron chi connectivity index (χ2n) is 8.18. The van der Waals surface area contributed by atoms with Gasteiger partial charge in [-0.2, -0.15) is 4.31 Å². The van der Waals surface area contributed by atoms with Crippen LogP contribution in [0.15, 0.2) is 95.9 Å². The first-order valence-corrected chi connectivity index (χ1v) is 13.1. The molecule has 2 atom stereocenters. The van der Waals surface area contributed by atoms with Crippen LogP contribution in [0, 0.1) is 0 Å². The largest absolute Gasteiger partial charge is 0.445 e. The van der Waals surface area contributed by atoms with Crippen molar-refractivity contribution < 1.29 is 27.8 Å². The molecule has 0 heterocycles. The van der Waals surface area contributed by atoms with Crippen LogP contribution in [-0.4, -0.2) is 56.8 Å². The number of carbonyl (C=O) groups excluding carboxylic acids is 1. The molecule has 0 saturated carbocycles. The van der Waals surface area contributed by atoms with E-state index in [1.165, 1.54) is 16.4 Å². The second kappa shape index (κ2) is 13.7. The third-order valence-corrected chi connectivity index (χ3v) is 7.44. The van der Waals surface area contributed by atoms with E-state index in [1.807, 2.05) is 36.4 Å². The third-order valence-electron chi connectivity index (χ3n) is 5.56. The van der Waals surface area contributed by atoms with E-state index >= 15 is 0 Å². The van der Waals surface area contributed by atoms with E-state index in [0.29, 0.717) is 18.6 Å². The molecule has 0 bridgehead atoms. The minimum atomic E-state index is -3.89. The SMILES string of the molecule is COCCCN(C[C@@H](O)C(NC(=O)OCc1ccccc1)c1ccccc1)S(=O)(=O)c1ccccc1. The van der Waals surface area contributed by atoms with Crippen molar-refractivity contribution in [2.24, 2.45) is 0 Å². The Hall–Kier alpha value is -3.24. The van der Waals surface area contributed by atoms with Crippen LogP contribution in [-0.2, 0) is 26.1 Å². The molecule has 36 heavy (non-hydrogen) atoms. The second-order valence-corrected chi connectivity index (χ2v) is 10.1.